The Morgan fingerprint density at radius 1 is 1.58 bits per heavy atom. The van der Waals surface area contributed by atoms with Gasteiger partial charge >= 0.3 is 0 Å². The van der Waals surface area contributed by atoms with Crippen molar-refractivity contribution in [3.8, 4) is 0 Å². The molecule has 1 N–H and O–H groups in total. The van der Waals surface area contributed by atoms with Gasteiger partial charge in [0.1, 0.15) is 11.4 Å². The van der Waals surface area contributed by atoms with Crippen molar-refractivity contribution in [2.24, 2.45) is 0 Å². The molecule has 0 aliphatic carbocycles. The van der Waals surface area contributed by atoms with Crippen molar-refractivity contribution in [1.29, 1.82) is 0 Å². The van der Waals surface area contributed by atoms with Gasteiger partial charge in [0.15, 0.2) is 0 Å². The Morgan fingerprint density at radius 2 is 2.42 bits per heavy atom. The highest BCUT2D eigenvalue weighted by Crippen LogP contribution is 2.12. The Bertz CT molecular complexity index is 657. The molecule has 0 aliphatic heterocycles. The first-order valence-electron chi connectivity index (χ1n) is 6.03. The molecule has 19 heavy (non-hydrogen) atoms. The number of hydrogen-bond donors (Lipinski definition) is 1. The van der Waals surface area contributed by atoms with Crippen LogP contribution in [0.3, 0.4) is 0 Å². The fourth-order valence-electron chi connectivity index (χ4n) is 1.68. The third kappa shape index (κ3) is 3.29. The Morgan fingerprint density at radius 3 is 3.21 bits per heavy atom. The molecule has 2 aromatic rings. The Balaban J connectivity index is 2.02. The summed E-state index contributed by atoms with van der Waals surface area (Å²) in [4.78, 5) is 28.6. The zero-order valence-electron chi connectivity index (χ0n) is 10.6. The molecule has 6 heteroatoms. The predicted molar refractivity (Wildman–Crippen MR) is 76.3 cm³/mol. The minimum Gasteiger partial charge on any atom is -0.354 e. The van der Waals surface area contributed by atoms with Crippen LogP contribution in [0.1, 0.15) is 13.3 Å². The Kier molecular flexibility index (Phi) is 4.46. The normalized spacial score (nSPS) is 11.2. The maximum Gasteiger partial charge on any atom is 0.262 e. The summed E-state index contributed by atoms with van der Waals surface area (Å²) < 4.78 is 1.33. The van der Waals surface area contributed by atoms with E-state index in [9.17, 15) is 9.59 Å². The van der Waals surface area contributed by atoms with Crippen LogP contribution in [-0.4, -0.2) is 22.0 Å². The number of nitrogens with one attached hydrogen (secondary N) is 1. The van der Waals surface area contributed by atoms with Crippen molar-refractivity contribution in [1.82, 2.24) is 14.9 Å². The molecule has 0 saturated carbocycles. The van der Waals surface area contributed by atoms with Crippen LogP contribution in [-0.2, 0) is 11.3 Å². The first-order valence-corrected chi connectivity index (χ1v) is 6.91. The molecule has 1 amide bonds. The lowest BCUT2D eigenvalue weighted by molar-refractivity contribution is -0.121. The Hall–Kier alpha value is -1.95. The number of allylic oxidation sites excluding steroid dienone is 1. The molecule has 0 saturated heterocycles. The van der Waals surface area contributed by atoms with Gasteiger partial charge in [-0.2, -0.15) is 0 Å². The quantitative estimate of drug-likeness (QED) is 0.666. The van der Waals surface area contributed by atoms with E-state index in [4.69, 9.17) is 0 Å². The highest BCUT2D eigenvalue weighted by atomic mass is 32.1. The number of rotatable bonds is 5. The molecule has 2 rings (SSSR count). The third-order valence-corrected chi connectivity index (χ3v) is 3.45. The van der Waals surface area contributed by atoms with Crippen LogP contribution >= 0.6 is 11.3 Å². The first-order chi connectivity index (χ1) is 9.22. The molecular formula is C13H15N3O2S. The second kappa shape index (κ2) is 6.29. The molecule has 0 aliphatic rings. The zero-order valence-corrected chi connectivity index (χ0v) is 11.4. The molecule has 0 fully saturated rings. The molecule has 5 nitrogen and oxygen atoms in total. The van der Waals surface area contributed by atoms with Crippen LogP contribution in [0.2, 0.25) is 0 Å². The molecule has 2 heterocycles. The summed E-state index contributed by atoms with van der Waals surface area (Å²) in [6, 6.07) is 1.73. The molecule has 0 atom stereocenters. The van der Waals surface area contributed by atoms with E-state index in [1.807, 2.05) is 24.5 Å². The lowest BCUT2D eigenvalue weighted by atomic mass is 10.3. The van der Waals surface area contributed by atoms with E-state index in [0.717, 1.165) is 6.42 Å². The third-order valence-electron chi connectivity index (χ3n) is 2.63. The molecule has 0 bridgehead atoms. The van der Waals surface area contributed by atoms with Crippen molar-refractivity contribution in [3.05, 3.63) is 40.3 Å². The summed E-state index contributed by atoms with van der Waals surface area (Å²) in [6.45, 7) is 2.52. The fraction of sp³-hybridized carbons (Fsp3) is 0.308. The summed E-state index contributed by atoms with van der Waals surface area (Å²) in [5.74, 6) is -0.178. The minimum absolute atomic E-state index is 0.00740. The van der Waals surface area contributed by atoms with Crippen LogP contribution in [0.25, 0.3) is 10.2 Å². The standard InChI is InChI=1S/C13H15N3O2S/c1-2-3-4-6-14-11(17)8-16-9-15-12-10(13(16)18)5-7-19-12/h2-3,5,7,9H,4,6,8H2,1H3,(H,14,17)/b3-2+. The van der Waals surface area contributed by atoms with E-state index in [0.29, 0.717) is 16.8 Å². The zero-order chi connectivity index (χ0) is 13.7. The average Bonchev–Trinajstić information content (AvgIpc) is 2.87. The topological polar surface area (TPSA) is 64.0 Å². The van der Waals surface area contributed by atoms with Gasteiger partial charge in [-0.15, -0.1) is 11.3 Å². The van der Waals surface area contributed by atoms with Gasteiger partial charge in [-0.25, -0.2) is 4.98 Å². The van der Waals surface area contributed by atoms with Gasteiger partial charge in [-0.05, 0) is 24.8 Å². The van der Waals surface area contributed by atoms with E-state index >= 15 is 0 Å². The number of carbonyl (C=O) groups is 1. The van der Waals surface area contributed by atoms with E-state index in [-0.39, 0.29) is 18.0 Å². The number of nitrogens with zero attached hydrogens (tertiary/aromatic N) is 2. The number of hydrogen-bond acceptors (Lipinski definition) is 4. The molecule has 0 aromatic carbocycles. The molecule has 2 aromatic heterocycles. The van der Waals surface area contributed by atoms with E-state index < -0.39 is 0 Å². The highest BCUT2D eigenvalue weighted by molar-refractivity contribution is 7.16. The highest BCUT2D eigenvalue weighted by Gasteiger charge is 2.08. The summed E-state index contributed by atoms with van der Waals surface area (Å²) >= 11 is 1.42. The van der Waals surface area contributed by atoms with Gasteiger partial charge in [0, 0.05) is 6.54 Å². The van der Waals surface area contributed by atoms with E-state index in [2.05, 4.69) is 10.3 Å². The van der Waals surface area contributed by atoms with E-state index in [1.165, 1.54) is 22.2 Å². The van der Waals surface area contributed by atoms with Gasteiger partial charge in [0.2, 0.25) is 5.91 Å². The van der Waals surface area contributed by atoms with Gasteiger partial charge in [-0.3, -0.25) is 14.2 Å². The van der Waals surface area contributed by atoms with Crippen molar-refractivity contribution >= 4 is 27.5 Å². The fourth-order valence-corrected chi connectivity index (χ4v) is 2.40. The van der Waals surface area contributed by atoms with Gasteiger partial charge in [0.25, 0.3) is 5.56 Å². The summed E-state index contributed by atoms with van der Waals surface area (Å²) in [7, 11) is 0. The van der Waals surface area contributed by atoms with Gasteiger partial charge in [-0.1, -0.05) is 12.2 Å². The lowest BCUT2D eigenvalue weighted by Gasteiger charge is -2.05. The number of amides is 1. The van der Waals surface area contributed by atoms with Gasteiger partial charge < -0.3 is 5.32 Å². The smallest absolute Gasteiger partial charge is 0.262 e. The molecule has 100 valence electrons. The number of thiophene rings is 1. The van der Waals surface area contributed by atoms with Crippen LogP contribution < -0.4 is 10.9 Å². The second-order valence-corrected chi connectivity index (χ2v) is 4.92. The molecular weight excluding hydrogens is 262 g/mol. The average molecular weight is 277 g/mol. The van der Waals surface area contributed by atoms with Crippen molar-refractivity contribution in [2.45, 2.75) is 19.9 Å². The number of carbonyl (C=O) groups excluding carboxylic acids is 1. The lowest BCUT2D eigenvalue weighted by Crippen LogP contribution is -2.32. The first kappa shape index (κ1) is 13.5. The van der Waals surface area contributed by atoms with Crippen molar-refractivity contribution < 1.29 is 4.79 Å². The predicted octanol–water partition coefficient (Wildman–Crippen LogP) is 1.54. The largest absolute Gasteiger partial charge is 0.354 e. The molecule has 0 unspecified atom stereocenters. The van der Waals surface area contributed by atoms with Crippen LogP contribution in [0, 0.1) is 0 Å². The maximum absolute atomic E-state index is 12.0. The number of aromatic nitrogens is 2. The molecule has 0 radical (unpaired) electrons. The van der Waals surface area contributed by atoms with Crippen LogP contribution in [0.4, 0.5) is 0 Å². The monoisotopic (exact) mass is 277 g/mol. The van der Waals surface area contributed by atoms with E-state index in [1.54, 1.807) is 6.07 Å². The molecule has 0 spiro atoms. The van der Waals surface area contributed by atoms with Crippen molar-refractivity contribution in [2.75, 3.05) is 6.54 Å². The minimum atomic E-state index is -0.178. The summed E-state index contributed by atoms with van der Waals surface area (Å²) in [6.07, 6.45) is 6.13. The van der Waals surface area contributed by atoms with Crippen LogP contribution in [0.5, 0.6) is 0 Å². The number of fused-ring (bicyclic) bond motifs is 1. The Labute approximate surface area is 114 Å². The maximum atomic E-state index is 12.0. The SMILES string of the molecule is C/C=C/CCNC(=O)Cn1cnc2sccc2c1=O. The summed E-state index contributed by atoms with van der Waals surface area (Å²) in [5, 5.41) is 5.14. The summed E-state index contributed by atoms with van der Waals surface area (Å²) in [5.41, 5.74) is -0.171. The van der Waals surface area contributed by atoms with Crippen molar-refractivity contribution in [3.63, 3.8) is 0 Å². The van der Waals surface area contributed by atoms with Crippen LogP contribution in [0.15, 0.2) is 34.7 Å². The van der Waals surface area contributed by atoms with Gasteiger partial charge in [0.05, 0.1) is 11.7 Å². The second-order valence-electron chi connectivity index (χ2n) is 4.02.